The molecule has 2 aromatic rings. The zero-order valence-corrected chi connectivity index (χ0v) is 19.1. The lowest BCUT2D eigenvalue weighted by Crippen LogP contribution is -2.42. The highest BCUT2D eigenvalue weighted by atomic mass is 16.1. The fourth-order valence-corrected chi connectivity index (χ4v) is 5.20. The first kappa shape index (κ1) is 21.6. The van der Waals surface area contributed by atoms with Crippen LogP contribution >= 0.6 is 0 Å². The van der Waals surface area contributed by atoms with Crippen LogP contribution in [0, 0.1) is 12.3 Å². The molecule has 1 aliphatic carbocycles. The van der Waals surface area contributed by atoms with Crippen molar-refractivity contribution in [3.05, 3.63) is 46.8 Å². The minimum atomic E-state index is -0.431. The molecule has 1 aromatic heterocycles. The van der Waals surface area contributed by atoms with Crippen molar-refractivity contribution in [2.75, 3.05) is 25.0 Å². The van der Waals surface area contributed by atoms with Gasteiger partial charge in [0, 0.05) is 47.8 Å². The molecule has 31 heavy (non-hydrogen) atoms. The van der Waals surface area contributed by atoms with Crippen LogP contribution in [0.1, 0.15) is 72.0 Å². The Morgan fingerprint density at radius 3 is 2.77 bits per heavy atom. The number of nitrogens with two attached hydrogens (primary N) is 1. The van der Waals surface area contributed by atoms with Crippen molar-refractivity contribution in [3.63, 3.8) is 0 Å². The molecule has 1 fully saturated rings. The molecule has 0 radical (unpaired) electrons. The zero-order chi connectivity index (χ0) is 22.3. The number of nitrogens with one attached hydrogen (secondary N) is 1. The highest BCUT2D eigenvalue weighted by Gasteiger charge is 2.35. The Hall–Kier alpha value is -2.60. The third-order valence-electron chi connectivity index (χ3n) is 6.72. The smallest absolute Gasteiger partial charge is 0.250 e. The minimum Gasteiger partial charge on any atom is -0.380 e. The van der Waals surface area contributed by atoms with E-state index in [1.807, 2.05) is 25.3 Å². The van der Waals surface area contributed by atoms with Crippen molar-refractivity contribution in [1.29, 1.82) is 0 Å². The number of primary amides is 1. The van der Waals surface area contributed by atoms with Crippen molar-refractivity contribution >= 4 is 17.4 Å². The van der Waals surface area contributed by atoms with E-state index in [4.69, 9.17) is 5.73 Å². The number of likely N-dealkylation sites (tertiary alicyclic amines) is 1. The molecule has 1 amide bonds. The molecule has 1 aromatic carbocycles. The Bertz CT molecular complexity index is 1020. The Labute approximate surface area is 184 Å². The van der Waals surface area contributed by atoms with Crippen LogP contribution in [0.25, 0.3) is 5.69 Å². The van der Waals surface area contributed by atoms with Gasteiger partial charge in [-0.25, -0.2) is 0 Å². The Morgan fingerprint density at radius 2 is 2.06 bits per heavy atom. The first-order valence-corrected chi connectivity index (χ1v) is 11.4. The average molecular weight is 423 g/mol. The second-order valence-electron chi connectivity index (χ2n) is 9.92. The number of Topliss-reactive ketones (excluding diaryl/α,β-unsaturated/α-hetero) is 1. The van der Waals surface area contributed by atoms with Gasteiger partial charge in [-0.3, -0.25) is 9.59 Å². The van der Waals surface area contributed by atoms with E-state index in [9.17, 15) is 9.59 Å². The normalized spacial score (nSPS) is 21.0. The SMILES string of the molecule is CCN1CCCC(Nc2cc(-n3cc(C)c4c3CC(C)(C)CC4=O)ccc2C(N)=O)C1. The number of rotatable bonds is 5. The molecule has 4 rings (SSSR count). The third kappa shape index (κ3) is 4.26. The lowest BCUT2D eigenvalue weighted by atomic mass is 9.75. The molecule has 166 valence electrons. The second-order valence-corrected chi connectivity index (χ2v) is 9.92. The van der Waals surface area contributed by atoms with Gasteiger partial charge in [0.25, 0.3) is 5.91 Å². The van der Waals surface area contributed by atoms with Crippen molar-refractivity contribution in [3.8, 4) is 5.69 Å². The number of aryl methyl sites for hydroxylation is 1. The number of likely N-dealkylation sites (N-methyl/N-ethyl adjacent to an activating group) is 1. The van der Waals surface area contributed by atoms with E-state index in [0.717, 1.165) is 67.1 Å². The maximum Gasteiger partial charge on any atom is 0.250 e. The highest BCUT2D eigenvalue weighted by Crippen LogP contribution is 2.38. The molecule has 6 nitrogen and oxygen atoms in total. The summed E-state index contributed by atoms with van der Waals surface area (Å²) in [6, 6.07) is 6.02. The fraction of sp³-hybridized carbons (Fsp3) is 0.520. The van der Waals surface area contributed by atoms with E-state index in [1.54, 1.807) is 6.07 Å². The van der Waals surface area contributed by atoms with Gasteiger partial charge in [0.2, 0.25) is 0 Å². The zero-order valence-electron chi connectivity index (χ0n) is 19.1. The first-order valence-electron chi connectivity index (χ1n) is 11.4. The monoisotopic (exact) mass is 422 g/mol. The van der Waals surface area contributed by atoms with Gasteiger partial charge in [-0.2, -0.15) is 0 Å². The Balaban J connectivity index is 1.73. The summed E-state index contributed by atoms with van der Waals surface area (Å²) in [5.41, 5.74) is 10.8. The number of hydrogen-bond donors (Lipinski definition) is 2. The first-order chi connectivity index (χ1) is 14.7. The molecule has 6 heteroatoms. The molecular weight excluding hydrogens is 388 g/mol. The highest BCUT2D eigenvalue weighted by molar-refractivity contribution is 6.01. The van der Waals surface area contributed by atoms with Crippen LogP contribution in [0.2, 0.25) is 0 Å². The standard InChI is InChI=1S/C25H34N4O2/c1-5-28-10-6-7-17(15-28)27-20-11-18(8-9-19(20)24(26)31)29-14-16(2)23-21(29)12-25(3,4)13-22(23)30/h8-9,11,14,17,27H,5-7,10,12-13,15H2,1-4H3,(H2,26,31). The summed E-state index contributed by atoms with van der Waals surface area (Å²) in [5, 5.41) is 3.59. The summed E-state index contributed by atoms with van der Waals surface area (Å²) in [4.78, 5) is 27.3. The number of carbonyl (C=O) groups excluding carboxylic acids is 2. The van der Waals surface area contributed by atoms with Gasteiger partial charge in [-0.15, -0.1) is 0 Å². The van der Waals surface area contributed by atoms with E-state index in [0.29, 0.717) is 12.0 Å². The van der Waals surface area contributed by atoms with Crippen LogP contribution in [-0.4, -0.2) is 46.8 Å². The molecule has 0 spiro atoms. The number of hydrogen-bond acceptors (Lipinski definition) is 4. The number of fused-ring (bicyclic) bond motifs is 1. The minimum absolute atomic E-state index is 0.0629. The van der Waals surface area contributed by atoms with Gasteiger partial charge in [-0.1, -0.05) is 20.8 Å². The summed E-state index contributed by atoms with van der Waals surface area (Å²) in [7, 11) is 0. The summed E-state index contributed by atoms with van der Waals surface area (Å²) in [6.45, 7) is 11.6. The van der Waals surface area contributed by atoms with Crippen LogP contribution in [0.15, 0.2) is 24.4 Å². The molecule has 1 unspecified atom stereocenters. The summed E-state index contributed by atoms with van der Waals surface area (Å²) < 4.78 is 2.12. The number of benzene rings is 1. The van der Waals surface area contributed by atoms with Gasteiger partial charge >= 0.3 is 0 Å². The maximum atomic E-state index is 12.8. The van der Waals surface area contributed by atoms with Gasteiger partial charge in [0.05, 0.1) is 5.56 Å². The van der Waals surface area contributed by atoms with Crippen molar-refractivity contribution in [2.24, 2.45) is 11.1 Å². The molecule has 1 atom stereocenters. The summed E-state index contributed by atoms with van der Waals surface area (Å²) in [5.74, 6) is -0.212. The predicted octanol–water partition coefficient (Wildman–Crippen LogP) is 3.94. The number of anilines is 1. The Morgan fingerprint density at radius 1 is 1.29 bits per heavy atom. The average Bonchev–Trinajstić information content (AvgIpc) is 3.03. The van der Waals surface area contributed by atoms with Gasteiger partial charge in [-0.05, 0) is 68.5 Å². The third-order valence-corrected chi connectivity index (χ3v) is 6.72. The van der Waals surface area contributed by atoms with E-state index < -0.39 is 5.91 Å². The van der Waals surface area contributed by atoms with E-state index >= 15 is 0 Å². The van der Waals surface area contributed by atoms with Crippen LogP contribution < -0.4 is 11.1 Å². The lowest BCUT2D eigenvalue weighted by molar-refractivity contribution is 0.0909. The number of piperidine rings is 1. The predicted molar refractivity (Wildman–Crippen MR) is 124 cm³/mol. The lowest BCUT2D eigenvalue weighted by Gasteiger charge is -2.33. The summed E-state index contributed by atoms with van der Waals surface area (Å²) in [6.07, 6.45) is 5.68. The second kappa shape index (κ2) is 8.15. The van der Waals surface area contributed by atoms with Gasteiger partial charge in [0.15, 0.2) is 5.78 Å². The molecule has 1 saturated heterocycles. The number of amides is 1. The van der Waals surface area contributed by atoms with E-state index in [1.165, 1.54) is 0 Å². The molecule has 0 saturated carbocycles. The molecule has 0 bridgehead atoms. The topological polar surface area (TPSA) is 80.4 Å². The van der Waals surface area contributed by atoms with Gasteiger partial charge in [0.1, 0.15) is 0 Å². The maximum absolute atomic E-state index is 12.8. The molecular formula is C25H34N4O2. The molecule has 2 heterocycles. The molecule has 1 aliphatic heterocycles. The molecule has 3 N–H and O–H groups in total. The van der Waals surface area contributed by atoms with E-state index in [-0.39, 0.29) is 17.2 Å². The van der Waals surface area contributed by atoms with Crippen LogP contribution in [-0.2, 0) is 6.42 Å². The van der Waals surface area contributed by atoms with Crippen molar-refractivity contribution < 1.29 is 9.59 Å². The van der Waals surface area contributed by atoms with Crippen LogP contribution in [0.3, 0.4) is 0 Å². The number of carbonyl (C=O) groups is 2. The number of nitrogens with zero attached hydrogens (tertiary/aromatic N) is 2. The van der Waals surface area contributed by atoms with Crippen molar-refractivity contribution in [2.45, 2.75) is 59.4 Å². The quantitative estimate of drug-likeness (QED) is 0.765. The van der Waals surface area contributed by atoms with E-state index in [2.05, 4.69) is 35.6 Å². The molecule has 2 aliphatic rings. The largest absolute Gasteiger partial charge is 0.380 e. The van der Waals surface area contributed by atoms with Crippen LogP contribution in [0.4, 0.5) is 5.69 Å². The van der Waals surface area contributed by atoms with Crippen LogP contribution in [0.5, 0.6) is 0 Å². The van der Waals surface area contributed by atoms with Gasteiger partial charge < -0.3 is 20.5 Å². The van der Waals surface area contributed by atoms with Crippen molar-refractivity contribution in [1.82, 2.24) is 9.47 Å². The number of ketones is 1. The fourth-order valence-electron chi connectivity index (χ4n) is 5.20. The Kier molecular flexibility index (Phi) is 5.69. The number of aromatic nitrogens is 1. The summed E-state index contributed by atoms with van der Waals surface area (Å²) >= 11 is 0.